The number of carbonyl (C=O) groups is 1. The third-order valence-electron chi connectivity index (χ3n) is 3.04. The molecule has 0 saturated carbocycles. The van der Waals surface area contributed by atoms with Gasteiger partial charge in [0.25, 0.3) is 0 Å². The molecule has 11 heteroatoms. The lowest BCUT2D eigenvalue weighted by Crippen LogP contribution is -2.37. The number of benzene rings is 1. The van der Waals surface area contributed by atoms with Crippen LogP contribution in [-0.4, -0.2) is 42.8 Å². The molecule has 1 atom stereocenters. The number of hydrogen-bond acceptors (Lipinski definition) is 4. The number of halogens is 4. The molecule has 0 radical (unpaired) electrons. The summed E-state index contributed by atoms with van der Waals surface area (Å²) in [5, 5.41) is 22.1. The van der Waals surface area contributed by atoms with Gasteiger partial charge in [-0.15, -0.1) is 5.10 Å². The molecule has 0 aliphatic rings. The monoisotopic (exact) mass is 365 g/mol. The van der Waals surface area contributed by atoms with Crippen LogP contribution in [0.3, 0.4) is 0 Å². The molecule has 0 aliphatic carbocycles. The number of aliphatic hydroxyl groups excluding tert-OH is 1. The summed E-state index contributed by atoms with van der Waals surface area (Å²) in [5.74, 6) is -1.60. The first-order valence-corrected chi connectivity index (χ1v) is 6.87. The van der Waals surface area contributed by atoms with Crippen LogP contribution < -0.4 is 5.69 Å². The van der Waals surface area contributed by atoms with Crippen LogP contribution in [0, 0.1) is 0 Å². The summed E-state index contributed by atoms with van der Waals surface area (Å²) >= 11 is 5.73. The van der Waals surface area contributed by atoms with E-state index < -0.39 is 37.0 Å². The average molecular weight is 366 g/mol. The van der Waals surface area contributed by atoms with Crippen molar-refractivity contribution in [3.63, 3.8) is 0 Å². The van der Waals surface area contributed by atoms with Crippen LogP contribution in [0.15, 0.2) is 29.1 Å². The number of nitrogens with zero attached hydrogens (tertiary/aromatic N) is 3. The van der Waals surface area contributed by atoms with E-state index in [-0.39, 0.29) is 11.4 Å². The van der Waals surface area contributed by atoms with E-state index in [2.05, 4.69) is 5.10 Å². The molecule has 2 N–H and O–H groups in total. The fourth-order valence-electron chi connectivity index (χ4n) is 1.93. The Labute approximate surface area is 137 Å². The first-order valence-electron chi connectivity index (χ1n) is 6.49. The number of aliphatic carboxylic acids is 1. The fourth-order valence-corrected chi connectivity index (χ4v) is 2.05. The average Bonchev–Trinajstić information content (AvgIpc) is 2.76. The van der Waals surface area contributed by atoms with Gasteiger partial charge in [-0.25, -0.2) is 9.48 Å². The van der Waals surface area contributed by atoms with Crippen molar-refractivity contribution < 1.29 is 28.2 Å². The highest BCUT2D eigenvalue weighted by Gasteiger charge is 2.39. The van der Waals surface area contributed by atoms with Crippen molar-refractivity contribution >= 4 is 17.6 Å². The molecule has 1 aromatic carbocycles. The van der Waals surface area contributed by atoms with Crippen molar-refractivity contribution in [3.05, 3.63) is 39.8 Å². The van der Waals surface area contributed by atoms with Crippen LogP contribution >= 0.6 is 11.6 Å². The van der Waals surface area contributed by atoms with Crippen LogP contribution in [0.2, 0.25) is 5.02 Å². The zero-order chi connectivity index (χ0) is 18.1. The third kappa shape index (κ3) is 3.95. The topological polar surface area (TPSA) is 97.3 Å². The van der Waals surface area contributed by atoms with Gasteiger partial charge in [-0.05, 0) is 24.3 Å². The maximum Gasteiger partial charge on any atom is 0.416 e. The second kappa shape index (κ2) is 6.65. The number of aromatic nitrogens is 3. The normalized spacial score (nSPS) is 13.0. The van der Waals surface area contributed by atoms with Gasteiger partial charge in [0.15, 0.2) is 11.9 Å². The van der Waals surface area contributed by atoms with Gasteiger partial charge in [-0.1, -0.05) is 11.6 Å². The van der Waals surface area contributed by atoms with Crippen molar-refractivity contribution in [1.29, 1.82) is 0 Å². The Bertz CT molecular complexity index is 798. The van der Waals surface area contributed by atoms with Crippen LogP contribution in [0.25, 0.3) is 11.4 Å². The largest absolute Gasteiger partial charge is 0.480 e. The number of carboxylic acid groups (broad SMARTS) is 1. The summed E-state index contributed by atoms with van der Waals surface area (Å²) in [6, 6.07) is 5.68. The highest BCUT2D eigenvalue weighted by atomic mass is 35.5. The van der Waals surface area contributed by atoms with E-state index in [1.807, 2.05) is 0 Å². The number of aliphatic hydroxyl groups is 1. The summed E-state index contributed by atoms with van der Waals surface area (Å²) in [6.07, 6.45) is -7.74. The second-order valence-corrected chi connectivity index (χ2v) is 5.27. The highest BCUT2D eigenvalue weighted by Crippen LogP contribution is 2.23. The quantitative estimate of drug-likeness (QED) is 0.834. The zero-order valence-corrected chi connectivity index (χ0v) is 12.6. The van der Waals surface area contributed by atoms with E-state index in [9.17, 15) is 27.9 Å². The molecule has 0 bridgehead atoms. The molecule has 0 fully saturated rings. The molecule has 1 aromatic heterocycles. The molecular weight excluding hydrogens is 355 g/mol. The molecule has 2 aromatic rings. The third-order valence-corrected chi connectivity index (χ3v) is 3.30. The van der Waals surface area contributed by atoms with E-state index in [1.54, 1.807) is 0 Å². The van der Waals surface area contributed by atoms with Crippen molar-refractivity contribution in [2.75, 3.05) is 0 Å². The lowest BCUT2D eigenvalue weighted by Gasteiger charge is -2.15. The van der Waals surface area contributed by atoms with Crippen LogP contribution in [-0.2, 0) is 17.9 Å². The summed E-state index contributed by atoms with van der Waals surface area (Å²) < 4.78 is 38.8. The van der Waals surface area contributed by atoms with Crippen molar-refractivity contribution in [1.82, 2.24) is 14.3 Å². The Balaban J connectivity index is 2.53. The summed E-state index contributed by atoms with van der Waals surface area (Å²) in [6.45, 7) is -1.94. The van der Waals surface area contributed by atoms with E-state index in [1.165, 1.54) is 24.3 Å². The van der Waals surface area contributed by atoms with Gasteiger partial charge in [-0.3, -0.25) is 9.36 Å². The van der Waals surface area contributed by atoms with E-state index in [0.29, 0.717) is 14.3 Å². The Morgan fingerprint density at radius 1 is 1.29 bits per heavy atom. The van der Waals surface area contributed by atoms with Crippen molar-refractivity contribution in [3.8, 4) is 11.4 Å². The van der Waals surface area contributed by atoms with Gasteiger partial charge in [-0.2, -0.15) is 13.2 Å². The molecule has 1 heterocycles. The van der Waals surface area contributed by atoms with E-state index in [4.69, 9.17) is 16.7 Å². The fraction of sp³-hybridized carbons (Fsp3) is 0.308. The van der Waals surface area contributed by atoms with Gasteiger partial charge in [0.1, 0.15) is 6.54 Å². The van der Waals surface area contributed by atoms with Crippen LogP contribution in [0.5, 0.6) is 0 Å². The van der Waals surface area contributed by atoms with E-state index in [0.717, 1.165) is 0 Å². The lowest BCUT2D eigenvalue weighted by molar-refractivity contribution is -0.207. The van der Waals surface area contributed by atoms with Crippen molar-refractivity contribution in [2.24, 2.45) is 0 Å². The second-order valence-electron chi connectivity index (χ2n) is 4.83. The Hall–Kier alpha value is -2.33. The molecule has 24 heavy (non-hydrogen) atoms. The van der Waals surface area contributed by atoms with Gasteiger partial charge >= 0.3 is 17.8 Å². The first kappa shape index (κ1) is 18.0. The molecule has 0 saturated heterocycles. The molecular formula is C13H11ClF3N3O4. The number of carboxylic acids is 1. The zero-order valence-electron chi connectivity index (χ0n) is 11.9. The predicted molar refractivity (Wildman–Crippen MR) is 76.6 cm³/mol. The molecule has 130 valence electrons. The number of hydrogen-bond donors (Lipinski definition) is 2. The van der Waals surface area contributed by atoms with Crippen molar-refractivity contribution in [2.45, 2.75) is 25.4 Å². The lowest BCUT2D eigenvalue weighted by atomic mass is 10.2. The molecule has 7 nitrogen and oxygen atoms in total. The maximum atomic E-state index is 12.6. The summed E-state index contributed by atoms with van der Waals surface area (Å²) in [4.78, 5) is 22.9. The van der Waals surface area contributed by atoms with Gasteiger partial charge < -0.3 is 10.2 Å². The SMILES string of the molecule is O=C(O)Cn1nc(-c2ccc(Cl)cc2)n(CC(O)C(F)(F)F)c1=O. The maximum absolute atomic E-state index is 12.6. The van der Waals surface area contributed by atoms with Crippen LogP contribution in [0.4, 0.5) is 13.2 Å². The minimum Gasteiger partial charge on any atom is -0.480 e. The predicted octanol–water partition coefficient (Wildman–Crippen LogP) is 1.37. The Morgan fingerprint density at radius 2 is 1.88 bits per heavy atom. The summed E-state index contributed by atoms with van der Waals surface area (Å²) in [5.41, 5.74) is -0.833. The smallest absolute Gasteiger partial charge is 0.416 e. The van der Waals surface area contributed by atoms with Gasteiger partial charge in [0.2, 0.25) is 0 Å². The molecule has 0 aliphatic heterocycles. The molecule has 2 rings (SSSR count). The van der Waals surface area contributed by atoms with Crippen LogP contribution in [0.1, 0.15) is 0 Å². The number of rotatable bonds is 5. The molecule has 1 unspecified atom stereocenters. The Morgan fingerprint density at radius 3 is 2.38 bits per heavy atom. The first-order chi connectivity index (χ1) is 11.1. The van der Waals surface area contributed by atoms with Gasteiger partial charge in [0.05, 0.1) is 6.54 Å². The minimum absolute atomic E-state index is 0.207. The highest BCUT2D eigenvalue weighted by molar-refractivity contribution is 6.30. The minimum atomic E-state index is -4.94. The van der Waals surface area contributed by atoms with Gasteiger partial charge in [0, 0.05) is 10.6 Å². The molecule has 0 spiro atoms. The summed E-state index contributed by atoms with van der Waals surface area (Å²) in [7, 11) is 0. The standard InChI is InChI=1S/C13H11ClF3N3O4/c14-8-3-1-7(2-4-8)11-18-20(6-10(22)23)12(24)19(11)5-9(21)13(15,16)17/h1-4,9,21H,5-6H2,(H,22,23). The molecule has 0 amide bonds. The van der Waals surface area contributed by atoms with E-state index >= 15 is 0 Å². The Kier molecular flexibility index (Phi) is 4.99. The number of alkyl halides is 3.